The summed E-state index contributed by atoms with van der Waals surface area (Å²) < 4.78 is 1.67. The maximum absolute atomic E-state index is 10.4. The van der Waals surface area contributed by atoms with E-state index in [0.29, 0.717) is 11.4 Å². The van der Waals surface area contributed by atoms with Gasteiger partial charge < -0.3 is 5.11 Å². The Morgan fingerprint density at radius 1 is 1.17 bits per heavy atom. The third-order valence-corrected chi connectivity index (χ3v) is 2.98. The van der Waals surface area contributed by atoms with Gasteiger partial charge in [-0.25, -0.2) is 0 Å². The van der Waals surface area contributed by atoms with Crippen molar-refractivity contribution in [2.45, 2.75) is 6.10 Å². The summed E-state index contributed by atoms with van der Waals surface area (Å²) in [4.78, 5) is 4.29. The van der Waals surface area contributed by atoms with Gasteiger partial charge in [0.15, 0.2) is 0 Å². The lowest BCUT2D eigenvalue weighted by Gasteiger charge is -2.10. The average molecular weight is 239 g/mol. The van der Waals surface area contributed by atoms with E-state index in [-0.39, 0.29) is 0 Å². The molecule has 0 saturated carbocycles. The maximum Gasteiger partial charge on any atom is 0.140 e. The van der Waals surface area contributed by atoms with Gasteiger partial charge in [0.05, 0.1) is 11.4 Å². The summed E-state index contributed by atoms with van der Waals surface area (Å²) in [5, 5.41) is 16.6. The molecule has 1 aromatic carbocycles. The summed E-state index contributed by atoms with van der Waals surface area (Å²) in [6.07, 6.45) is 2.73. The number of aliphatic hydroxyl groups is 1. The van der Waals surface area contributed by atoms with Gasteiger partial charge in [-0.2, -0.15) is 5.10 Å². The Kier molecular flexibility index (Phi) is 2.57. The summed E-state index contributed by atoms with van der Waals surface area (Å²) in [5.74, 6) is 0. The summed E-state index contributed by atoms with van der Waals surface area (Å²) in [6.45, 7) is 0. The second kappa shape index (κ2) is 4.23. The Morgan fingerprint density at radius 2 is 2.00 bits per heavy atom. The first kappa shape index (κ1) is 10.9. The number of nitrogens with zero attached hydrogens (tertiary/aromatic N) is 3. The van der Waals surface area contributed by atoms with Crippen molar-refractivity contribution in [3.8, 4) is 0 Å². The Labute approximate surface area is 105 Å². The minimum absolute atomic E-state index is 0.612. The van der Waals surface area contributed by atoms with E-state index in [2.05, 4.69) is 10.1 Å². The lowest BCUT2D eigenvalue weighted by Crippen LogP contribution is -2.04. The number of rotatable bonds is 2. The van der Waals surface area contributed by atoms with E-state index in [1.165, 1.54) is 0 Å². The quantitative estimate of drug-likeness (QED) is 0.744. The summed E-state index contributed by atoms with van der Waals surface area (Å²) in [6, 6.07) is 11.6. The second-order valence-corrected chi connectivity index (χ2v) is 4.23. The normalized spacial score (nSPS) is 12.8. The van der Waals surface area contributed by atoms with E-state index in [1.807, 2.05) is 43.6 Å². The molecule has 0 aliphatic carbocycles. The Bertz CT molecular complexity index is 685. The van der Waals surface area contributed by atoms with Crippen molar-refractivity contribution in [1.29, 1.82) is 0 Å². The van der Waals surface area contributed by atoms with Crippen LogP contribution in [0, 0.1) is 0 Å². The minimum Gasteiger partial charge on any atom is -0.380 e. The van der Waals surface area contributed by atoms with Gasteiger partial charge in [0.2, 0.25) is 0 Å². The highest BCUT2D eigenvalue weighted by Gasteiger charge is 2.17. The zero-order valence-electron chi connectivity index (χ0n) is 9.99. The zero-order valence-corrected chi connectivity index (χ0v) is 9.99. The monoisotopic (exact) mass is 239 g/mol. The number of hydrogen-bond acceptors (Lipinski definition) is 3. The molecule has 1 atom stereocenters. The number of hydrogen-bond donors (Lipinski definition) is 1. The van der Waals surface area contributed by atoms with Crippen molar-refractivity contribution >= 4 is 10.8 Å². The van der Waals surface area contributed by atoms with Crippen molar-refractivity contribution < 1.29 is 5.11 Å². The molecule has 2 heterocycles. The van der Waals surface area contributed by atoms with E-state index >= 15 is 0 Å². The lowest BCUT2D eigenvalue weighted by molar-refractivity contribution is 0.211. The van der Waals surface area contributed by atoms with Gasteiger partial charge in [-0.1, -0.05) is 24.3 Å². The number of pyridine rings is 1. The standard InChI is InChI=1S/C14H13N3O/c1-17-9-7-12(16-17)14(18)13-11-5-3-2-4-10(11)6-8-15-13/h2-9,14,18H,1H3. The van der Waals surface area contributed by atoms with E-state index in [1.54, 1.807) is 16.9 Å². The molecule has 1 N–H and O–H groups in total. The van der Waals surface area contributed by atoms with E-state index in [9.17, 15) is 5.11 Å². The fraction of sp³-hybridized carbons (Fsp3) is 0.143. The molecular weight excluding hydrogens is 226 g/mol. The molecule has 0 amide bonds. The van der Waals surface area contributed by atoms with Crippen LogP contribution in [0.5, 0.6) is 0 Å². The van der Waals surface area contributed by atoms with Gasteiger partial charge in [-0.15, -0.1) is 0 Å². The van der Waals surface area contributed by atoms with Crippen LogP contribution in [-0.2, 0) is 7.05 Å². The van der Waals surface area contributed by atoms with Crippen molar-refractivity contribution in [1.82, 2.24) is 14.8 Å². The Hall–Kier alpha value is -2.20. The molecule has 1 unspecified atom stereocenters. The third kappa shape index (κ3) is 1.76. The first-order chi connectivity index (χ1) is 8.75. The van der Waals surface area contributed by atoms with E-state index < -0.39 is 6.10 Å². The van der Waals surface area contributed by atoms with Crippen LogP contribution >= 0.6 is 0 Å². The molecular formula is C14H13N3O. The Morgan fingerprint density at radius 3 is 2.78 bits per heavy atom. The van der Waals surface area contributed by atoms with Gasteiger partial charge in [0.25, 0.3) is 0 Å². The summed E-state index contributed by atoms with van der Waals surface area (Å²) in [5.41, 5.74) is 1.26. The number of aromatic nitrogens is 3. The molecule has 90 valence electrons. The van der Waals surface area contributed by atoms with Crippen LogP contribution in [0.25, 0.3) is 10.8 Å². The van der Waals surface area contributed by atoms with Crippen molar-refractivity contribution in [2.75, 3.05) is 0 Å². The first-order valence-corrected chi connectivity index (χ1v) is 5.77. The molecule has 0 saturated heterocycles. The zero-order chi connectivity index (χ0) is 12.5. The van der Waals surface area contributed by atoms with E-state index in [0.717, 1.165) is 10.8 Å². The highest BCUT2D eigenvalue weighted by Crippen LogP contribution is 2.25. The maximum atomic E-state index is 10.4. The lowest BCUT2D eigenvalue weighted by atomic mass is 10.0. The second-order valence-electron chi connectivity index (χ2n) is 4.23. The molecule has 0 aliphatic heterocycles. The summed E-state index contributed by atoms with van der Waals surface area (Å²) >= 11 is 0. The fourth-order valence-electron chi connectivity index (χ4n) is 2.08. The molecule has 3 aromatic rings. The van der Waals surface area contributed by atoms with Gasteiger partial charge in [0, 0.05) is 24.8 Å². The van der Waals surface area contributed by atoms with Gasteiger partial charge >= 0.3 is 0 Å². The molecule has 0 radical (unpaired) electrons. The highest BCUT2D eigenvalue weighted by molar-refractivity contribution is 5.84. The molecule has 3 rings (SSSR count). The van der Waals surface area contributed by atoms with Crippen molar-refractivity contribution in [2.24, 2.45) is 7.05 Å². The fourth-order valence-corrected chi connectivity index (χ4v) is 2.08. The third-order valence-electron chi connectivity index (χ3n) is 2.98. The van der Waals surface area contributed by atoms with E-state index in [4.69, 9.17) is 0 Å². The number of aryl methyl sites for hydroxylation is 1. The van der Waals surface area contributed by atoms with Crippen LogP contribution in [0.4, 0.5) is 0 Å². The average Bonchev–Trinajstić information content (AvgIpc) is 2.84. The topological polar surface area (TPSA) is 50.9 Å². The number of fused-ring (bicyclic) bond motifs is 1. The van der Waals surface area contributed by atoms with Gasteiger partial charge in [0.1, 0.15) is 6.10 Å². The molecule has 4 nitrogen and oxygen atoms in total. The number of benzene rings is 1. The van der Waals surface area contributed by atoms with Crippen LogP contribution in [0.2, 0.25) is 0 Å². The number of aliphatic hydroxyl groups excluding tert-OH is 1. The molecule has 0 bridgehead atoms. The van der Waals surface area contributed by atoms with Gasteiger partial charge in [-0.05, 0) is 17.5 Å². The van der Waals surface area contributed by atoms with Crippen molar-refractivity contribution in [3.05, 3.63) is 60.2 Å². The molecule has 0 aliphatic rings. The SMILES string of the molecule is Cn1ccc(C(O)c2nccc3ccccc23)n1. The predicted molar refractivity (Wildman–Crippen MR) is 69.0 cm³/mol. The molecule has 0 fully saturated rings. The largest absolute Gasteiger partial charge is 0.380 e. The summed E-state index contributed by atoms with van der Waals surface area (Å²) in [7, 11) is 1.83. The van der Waals surface area contributed by atoms with Crippen LogP contribution in [-0.4, -0.2) is 19.9 Å². The van der Waals surface area contributed by atoms with Gasteiger partial charge in [-0.3, -0.25) is 9.67 Å². The molecule has 18 heavy (non-hydrogen) atoms. The molecule has 2 aromatic heterocycles. The first-order valence-electron chi connectivity index (χ1n) is 5.77. The Balaban J connectivity index is 2.14. The predicted octanol–water partition coefficient (Wildman–Crippen LogP) is 2.05. The van der Waals surface area contributed by atoms with Crippen LogP contribution in [0.1, 0.15) is 17.5 Å². The minimum atomic E-state index is -0.794. The van der Waals surface area contributed by atoms with Crippen molar-refractivity contribution in [3.63, 3.8) is 0 Å². The van der Waals surface area contributed by atoms with Crippen LogP contribution in [0.3, 0.4) is 0 Å². The van der Waals surface area contributed by atoms with Crippen LogP contribution in [0.15, 0.2) is 48.8 Å². The smallest absolute Gasteiger partial charge is 0.140 e. The molecule has 0 spiro atoms. The molecule has 4 heteroatoms. The van der Waals surface area contributed by atoms with Crippen LogP contribution < -0.4 is 0 Å². The highest BCUT2D eigenvalue weighted by atomic mass is 16.3.